The zero-order valence-electron chi connectivity index (χ0n) is 9.76. The Morgan fingerprint density at radius 3 is 2.50 bits per heavy atom. The minimum Gasteiger partial charge on any atom is -0.478 e. The molecule has 10 heteroatoms. The average molecular weight is 421 g/mol. The van der Waals surface area contributed by atoms with Gasteiger partial charge in [-0.1, -0.05) is 0 Å². The number of carboxylic acids is 1. The number of sulfonamides is 1. The van der Waals surface area contributed by atoms with Crippen molar-refractivity contribution in [1.82, 2.24) is 4.72 Å². The van der Waals surface area contributed by atoms with Gasteiger partial charge in [-0.15, -0.1) is 0 Å². The Balaban J connectivity index is 2.99. The molecule has 0 heterocycles. The summed E-state index contributed by atoms with van der Waals surface area (Å²) in [7, 11) is -4.17. The van der Waals surface area contributed by atoms with Crippen LogP contribution in [0.4, 0.5) is 8.78 Å². The highest BCUT2D eigenvalue weighted by molar-refractivity contribution is 14.1. The highest BCUT2D eigenvalue weighted by Crippen LogP contribution is 2.18. The van der Waals surface area contributed by atoms with E-state index >= 15 is 0 Å². The molecule has 1 aromatic carbocycles. The third kappa shape index (κ3) is 4.33. The number of alkyl halides is 2. The second-order valence-electron chi connectivity index (χ2n) is 3.70. The maximum atomic E-state index is 12.1. The van der Waals surface area contributed by atoms with E-state index in [1.54, 1.807) is 27.3 Å². The molecule has 3 N–H and O–H groups in total. The van der Waals surface area contributed by atoms with Crippen molar-refractivity contribution in [3.63, 3.8) is 0 Å². The third-order valence-electron chi connectivity index (χ3n) is 2.25. The molecule has 0 saturated carbocycles. The van der Waals surface area contributed by atoms with Crippen LogP contribution in [0.3, 0.4) is 0 Å². The van der Waals surface area contributed by atoms with E-state index in [4.69, 9.17) is 10.2 Å². The number of hydrogen-bond acceptors (Lipinski definition) is 4. The fourth-order valence-corrected chi connectivity index (χ4v) is 2.85. The SMILES string of the molecule is O=C(O)c1cc(S(=O)(=O)NCC(O)C(F)F)ccc1I. The van der Waals surface area contributed by atoms with Crippen molar-refractivity contribution < 1.29 is 32.2 Å². The van der Waals surface area contributed by atoms with Gasteiger partial charge in [0.15, 0.2) is 0 Å². The van der Waals surface area contributed by atoms with Crippen molar-refractivity contribution in [2.24, 2.45) is 0 Å². The smallest absolute Gasteiger partial charge is 0.336 e. The van der Waals surface area contributed by atoms with Crippen molar-refractivity contribution in [2.45, 2.75) is 17.4 Å². The summed E-state index contributed by atoms with van der Waals surface area (Å²) >= 11 is 1.73. The molecule has 6 nitrogen and oxygen atoms in total. The van der Waals surface area contributed by atoms with E-state index in [0.717, 1.165) is 12.1 Å². The van der Waals surface area contributed by atoms with Crippen molar-refractivity contribution in [3.05, 3.63) is 27.3 Å². The second kappa shape index (κ2) is 6.74. The highest BCUT2D eigenvalue weighted by Gasteiger charge is 2.22. The van der Waals surface area contributed by atoms with Crippen LogP contribution in [-0.2, 0) is 10.0 Å². The van der Waals surface area contributed by atoms with Crippen LogP contribution in [0.2, 0.25) is 0 Å². The number of carboxylic acid groups (broad SMARTS) is 1. The Morgan fingerprint density at radius 2 is 2.00 bits per heavy atom. The van der Waals surface area contributed by atoms with Crippen molar-refractivity contribution in [2.75, 3.05) is 6.54 Å². The zero-order valence-corrected chi connectivity index (χ0v) is 12.7. The summed E-state index contributed by atoms with van der Waals surface area (Å²) < 4.78 is 49.8. The summed E-state index contributed by atoms with van der Waals surface area (Å²) in [6.45, 7) is -0.867. The normalized spacial score (nSPS) is 13.4. The molecule has 0 bridgehead atoms. The number of aliphatic hydroxyl groups excluding tert-OH is 1. The molecule has 112 valence electrons. The largest absolute Gasteiger partial charge is 0.478 e. The van der Waals surface area contributed by atoms with E-state index in [2.05, 4.69) is 0 Å². The lowest BCUT2D eigenvalue weighted by molar-refractivity contribution is -0.000451. The maximum Gasteiger partial charge on any atom is 0.336 e. The van der Waals surface area contributed by atoms with E-state index < -0.39 is 35.1 Å². The lowest BCUT2D eigenvalue weighted by atomic mass is 10.2. The first-order valence-corrected chi connectivity index (χ1v) is 7.70. The molecule has 20 heavy (non-hydrogen) atoms. The van der Waals surface area contributed by atoms with Crippen LogP contribution in [0.25, 0.3) is 0 Å². The lowest BCUT2D eigenvalue weighted by Crippen LogP contribution is -2.35. The number of hydrogen-bond donors (Lipinski definition) is 3. The second-order valence-corrected chi connectivity index (χ2v) is 6.63. The Bertz CT molecular complexity index is 608. The van der Waals surface area contributed by atoms with Gasteiger partial charge in [0.25, 0.3) is 6.43 Å². The van der Waals surface area contributed by atoms with Crippen LogP contribution in [0.1, 0.15) is 10.4 Å². The molecule has 1 atom stereocenters. The van der Waals surface area contributed by atoms with E-state index in [9.17, 15) is 22.0 Å². The first-order chi connectivity index (χ1) is 9.15. The van der Waals surface area contributed by atoms with Gasteiger partial charge in [-0.2, -0.15) is 0 Å². The number of nitrogens with one attached hydrogen (secondary N) is 1. The topological polar surface area (TPSA) is 104 Å². The summed E-state index contributed by atoms with van der Waals surface area (Å²) in [5.74, 6) is -1.31. The highest BCUT2D eigenvalue weighted by atomic mass is 127. The van der Waals surface area contributed by atoms with E-state index in [-0.39, 0.29) is 10.5 Å². The van der Waals surface area contributed by atoms with Gasteiger partial charge >= 0.3 is 5.97 Å². The van der Waals surface area contributed by atoms with Gasteiger partial charge < -0.3 is 10.2 Å². The molecule has 0 aliphatic rings. The monoisotopic (exact) mass is 421 g/mol. The number of benzene rings is 1. The first-order valence-electron chi connectivity index (χ1n) is 5.14. The van der Waals surface area contributed by atoms with Crippen molar-refractivity contribution in [1.29, 1.82) is 0 Å². The molecular formula is C10H10F2INO5S. The fraction of sp³-hybridized carbons (Fsp3) is 0.300. The van der Waals surface area contributed by atoms with Crippen LogP contribution in [0.5, 0.6) is 0 Å². The molecule has 0 spiro atoms. The molecular weight excluding hydrogens is 411 g/mol. The minimum absolute atomic E-state index is 0.220. The number of carbonyl (C=O) groups is 1. The van der Waals surface area contributed by atoms with Crippen LogP contribution >= 0.6 is 22.6 Å². The van der Waals surface area contributed by atoms with Gasteiger partial charge in [0, 0.05) is 10.1 Å². The number of halogens is 3. The van der Waals surface area contributed by atoms with Crippen molar-refractivity contribution >= 4 is 38.6 Å². The molecule has 0 aliphatic heterocycles. The van der Waals surface area contributed by atoms with Crippen LogP contribution in [0, 0.1) is 3.57 Å². The predicted molar refractivity (Wildman–Crippen MR) is 73.3 cm³/mol. The maximum absolute atomic E-state index is 12.1. The molecule has 1 unspecified atom stereocenters. The van der Waals surface area contributed by atoms with Crippen LogP contribution in [0.15, 0.2) is 23.1 Å². The Labute approximate surface area is 127 Å². The number of aliphatic hydroxyl groups is 1. The summed E-state index contributed by atoms with van der Waals surface area (Å²) in [6.07, 6.45) is -5.21. The predicted octanol–water partition coefficient (Wildman–Crippen LogP) is 0.894. The number of aromatic carboxylic acids is 1. The standard InChI is InChI=1S/C10H10F2INO5S/c11-9(12)8(15)4-14-20(18,19)5-1-2-7(13)6(3-5)10(16)17/h1-3,8-9,14-15H,4H2,(H,16,17). The van der Waals surface area contributed by atoms with Gasteiger partial charge in [-0.3, -0.25) is 0 Å². The molecule has 0 radical (unpaired) electrons. The molecule has 0 aromatic heterocycles. The minimum atomic E-state index is -4.17. The Morgan fingerprint density at radius 1 is 1.40 bits per heavy atom. The van der Waals surface area contributed by atoms with Crippen LogP contribution < -0.4 is 4.72 Å². The molecule has 1 rings (SSSR count). The van der Waals surface area contributed by atoms with Gasteiger partial charge in [0.05, 0.1) is 10.5 Å². The summed E-state index contributed by atoms with van der Waals surface area (Å²) in [5.41, 5.74) is -0.220. The quantitative estimate of drug-likeness (QED) is 0.593. The molecule has 0 saturated heterocycles. The van der Waals surface area contributed by atoms with Gasteiger partial charge in [0.1, 0.15) is 6.10 Å². The fourth-order valence-electron chi connectivity index (χ4n) is 1.20. The Hall–Kier alpha value is -0.850. The molecule has 0 aliphatic carbocycles. The van der Waals surface area contributed by atoms with Crippen molar-refractivity contribution in [3.8, 4) is 0 Å². The first kappa shape index (κ1) is 17.2. The average Bonchev–Trinajstić information content (AvgIpc) is 2.35. The third-order valence-corrected chi connectivity index (χ3v) is 4.61. The summed E-state index contributed by atoms with van der Waals surface area (Å²) in [4.78, 5) is 10.5. The van der Waals surface area contributed by atoms with E-state index in [0.29, 0.717) is 3.57 Å². The van der Waals surface area contributed by atoms with Gasteiger partial charge in [0.2, 0.25) is 10.0 Å². The molecule has 0 fully saturated rings. The molecule has 1 aromatic rings. The Kier molecular flexibility index (Phi) is 5.79. The van der Waals surface area contributed by atoms with E-state index in [1.807, 2.05) is 0 Å². The van der Waals surface area contributed by atoms with Crippen LogP contribution in [-0.4, -0.2) is 43.7 Å². The van der Waals surface area contributed by atoms with E-state index in [1.165, 1.54) is 6.07 Å². The lowest BCUT2D eigenvalue weighted by Gasteiger charge is -2.12. The summed E-state index contributed by atoms with van der Waals surface area (Å²) in [5, 5.41) is 17.7. The zero-order chi connectivity index (χ0) is 15.5. The van der Waals surface area contributed by atoms with Gasteiger partial charge in [-0.05, 0) is 40.8 Å². The molecule has 0 amide bonds. The van der Waals surface area contributed by atoms with Gasteiger partial charge in [-0.25, -0.2) is 26.7 Å². The summed E-state index contributed by atoms with van der Waals surface area (Å²) in [6, 6.07) is 3.34. The number of rotatable bonds is 6.